The number of carbonyl (C=O) groups is 1. The zero-order chi connectivity index (χ0) is 13.2. The van der Waals surface area contributed by atoms with E-state index in [9.17, 15) is 4.79 Å². The molecule has 1 aromatic heterocycles. The molecule has 1 aromatic rings. The van der Waals surface area contributed by atoms with Gasteiger partial charge in [-0.3, -0.25) is 4.98 Å². The highest BCUT2D eigenvalue weighted by Gasteiger charge is 2.04. The fourth-order valence-electron chi connectivity index (χ4n) is 1.24. The lowest BCUT2D eigenvalue weighted by atomic mass is 10.3. The van der Waals surface area contributed by atoms with E-state index in [2.05, 4.69) is 4.98 Å². The van der Waals surface area contributed by atoms with Gasteiger partial charge in [0.1, 0.15) is 12.4 Å². The maximum absolute atomic E-state index is 10.7. The summed E-state index contributed by atoms with van der Waals surface area (Å²) in [6, 6.07) is 1.43. The van der Waals surface area contributed by atoms with Crippen LogP contribution in [0.15, 0.2) is 18.5 Å². The van der Waals surface area contributed by atoms with Gasteiger partial charge in [-0.25, -0.2) is 4.79 Å². The summed E-state index contributed by atoms with van der Waals surface area (Å²) >= 11 is 0. The second kappa shape index (κ2) is 8.43. The molecule has 0 spiro atoms. The summed E-state index contributed by atoms with van der Waals surface area (Å²) in [6.07, 6.45) is 3.58. The molecule has 0 aliphatic heterocycles. The zero-order valence-electron chi connectivity index (χ0n) is 10.3. The number of ether oxygens (including phenoxy) is 3. The van der Waals surface area contributed by atoms with E-state index in [0.29, 0.717) is 32.2 Å². The van der Waals surface area contributed by atoms with Gasteiger partial charge in [-0.05, 0) is 12.5 Å². The molecule has 0 aliphatic rings. The first-order chi connectivity index (χ1) is 8.74. The minimum atomic E-state index is -1.02. The first-order valence-corrected chi connectivity index (χ1v) is 5.62. The van der Waals surface area contributed by atoms with Crippen molar-refractivity contribution < 1.29 is 24.1 Å². The van der Waals surface area contributed by atoms with E-state index in [1.54, 1.807) is 7.11 Å². The Kier molecular flexibility index (Phi) is 6.75. The van der Waals surface area contributed by atoms with Gasteiger partial charge >= 0.3 is 5.97 Å². The SMILES string of the molecule is COCCCOCCOc1cncc(C(=O)O)c1. The van der Waals surface area contributed by atoms with Crippen molar-refractivity contribution in [1.82, 2.24) is 4.98 Å². The summed E-state index contributed by atoms with van der Waals surface area (Å²) in [4.78, 5) is 14.5. The largest absolute Gasteiger partial charge is 0.490 e. The van der Waals surface area contributed by atoms with Crippen LogP contribution in [0.4, 0.5) is 0 Å². The molecule has 0 atom stereocenters. The van der Waals surface area contributed by atoms with Crippen molar-refractivity contribution in [2.45, 2.75) is 6.42 Å². The Balaban J connectivity index is 2.19. The van der Waals surface area contributed by atoms with E-state index in [0.717, 1.165) is 6.42 Å². The molecule has 100 valence electrons. The number of rotatable bonds is 9. The molecule has 0 unspecified atom stereocenters. The monoisotopic (exact) mass is 255 g/mol. The third-order valence-corrected chi connectivity index (χ3v) is 2.09. The summed E-state index contributed by atoms with van der Waals surface area (Å²) in [5, 5.41) is 8.77. The van der Waals surface area contributed by atoms with Crippen LogP contribution in [0.1, 0.15) is 16.8 Å². The number of carboxylic acids is 1. The summed E-state index contributed by atoms with van der Waals surface area (Å²) in [5.41, 5.74) is 0.105. The van der Waals surface area contributed by atoms with Crippen molar-refractivity contribution in [3.05, 3.63) is 24.0 Å². The zero-order valence-corrected chi connectivity index (χ0v) is 10.3. The maximum Gasteiger partial charge on any atom is 0.337 e. The van der Waals surface area contributed by atoms with Crippen LogP contribution in [-0.4, -0.2) is 49.6 Å². The number of aromatic carboxylic acids is 1. The predicted molar refractivity (Wildman–Crippen MR) is 64.0 cm³/mol. The van der Waals surface area contributed by atoms with Crippen LogP contribution in [0.2, 0.25) is 0 Å². The number of methoxy groups -OCH3 is 1. The first kappa shape index (κ1) is 14.4. The van der Waals surface area contributed by atoms with E-state index in [1.807, 2.05) is 0 Å². The molecule has 18 heavy (non-hydrogen) atoms. The fraction of sp³-hybridized carbons (Fsp3) is 0.500. The molecule has 0 bridgehead atoms. The molecule has 0 saturated heterocycles. The van der Waals surface area contributed by atoms with Gasteiger partial charge in [0, 0.05) is 26.5 Å². The topological polar surface area (TPSA) is 77.9 Å². The molecule has 6 nitrogen and oxygen atoms in total. The molecule has 1 heterocycles. The minimum absolute atomic E-state index is 0.105. The van der Waals surface area contributed by atoms with Crippen LogP contribution >= 0.6 is 0 Å². The average Bonchev–Trinajstić information content (AvgIpc) is 2.38. The quantitative estimate of drug-likeness (QED) is 0.668. The van der Waals surface area contributed by atoms with Gasteiger partial charge < -0.3 is 19.3 Å². The molecule has 0 aromatic carbocycles. The van der Waals surface area contributed by atoms with Crippen LogP contribution in [0, 0.1) is 0 Å². The predicted octanol–water partition coefficient (Wildman–Crippen LogP) is 1.21. The van der Waals surface area contributed by atoms with Gasteiger partial charge in [0.05, 0.1) is 18.4 Å². The fourth-order valence-corrected chi connectivity index (χ4v) is 1.24. The Hall–Kier alpha value is -1.66. The van der Waals surface area contributed by atoms with Gasteiger partial charge in [0.15, 0.2) is 0 Å². The van der Waals surface area contributed by atoms with Crippen molar-refractivity contribution in [2.75, 3.05) is 33.5 Å². The van der Waals surface area contributed by atoms with E-state index in [1.165, 1.54) is 18.5 Å². The van der Waals surface area contributed by atoms with Gasteiger partial charge in [-0.15, -0.1) is 0 Å². The highest BCUT2D eigenvalue weighted by molar-refractivity contribution is 5.87. The van der Waals surface area contributed by atoms with Gasteiger partial charge in [-0.2, -0.15) is 0 Å². The van der Waals surface area contributed by atoms with Crippen molar-refractivity contribution in [1.29, 1.82) is 0 Å². The molecule has 0 fully saturated rings. The molecular weight excluding hydrogens is 238 g/mol. The van der Waals surface area contributed by atoms with Crippen LogP contribution < -0.4 is 4.74 Å². The summed E-state index contributed by atoms with van der Waals surface area (Å²) in [6.45, 7) is 2.09. The van der Waals surface area contributed by atoms with Crippen molar-refractivity contribution in [2.24, 2.45) is 0 Å². The highest BCUT2D eigenvalue weighted by Crippen LogP contribution is 2.10. The summed E-state index contributed by atoms with van der Waals surface area (Å²) in [7, 11) is 1.64. The van der Waals surface area contributed by atoms with Crippen LogP contribution in [0.3, 0.4) is 0 Å². The van der Waals surface area contributed by atoms with Gasteiger partial charge in [0.25, 0.3) is 0 Å². The van der Waals surface area contributed by atoms with Gasteiger partial charge in [-0.1, -0.05) is 0 Å². The Morgan fingerprint density at radius 3 is 2.83 bits per heavy atom. The second-order valence-electron chi connectivity index (χ2n) is 3.52. The summed E-state index contributed by atoms with van der Waals surface area (Å²) in [5.74, 6) is -0.598. The van der Waals surface area contributed by atoms with E-state index >= 15 is 0 Å². The number of hydrogen-bond donors (Lipinski definition) is 1. The molecular formula is C12H17NO5. The molecule has 1 rings (SSSR count). The van der Waals surface area contributed by atoms with Crippen molar-refractivity contribution in [3.63, 3.8) is 0 Å². The molecule has 0 radical (unpaired) electrons. The Labute approximate surface area is 106 Å². The first-order valence-electron chi connectivity index (χ1n) is 5.62. The Morgan fingerprint density at radius 2 is 2.11 bits per heavy atom. The Morgan fingerprint density at radius 1 is 1.28 bits per heavy atom. The van der Waals surface area contributed by atoms with E-state index in [-0.39, 0.29) is 5.56 Å². The lowest BCUT2D eigenvalue weighted by Crippen LogP contribution is -2.09. The number of aromatic nitrogens is 1. The van der Waals surface area contributed by atoms with Gasteiger partial charge in [0.2, 0.25) is 0 Å². The summed E-state index contributed by atoms with van der Waals surface area (Å²) < 4.78 is 15.5. The number of carboxylic acid groups (broad SMARTS) is 1. The third kappa shape index (κ3) is 5.60. The van der Waals surface area contributed by atoms with E-state index < -0.39 is 5.97 Å². The molecule has 0 aliphatic carbocycles. The normalized spacial score (nSPS) is 10.3. The highest BCUT2D eigenvalue weighted by atomic mass is 16.5. The number of nitrogens with zero attached hydrogens (tertiary/aromatic N) is 1. The average molecular weight is 255 g/mol. The standard InChI is InChI=1S/C12H17NO5/c1-16-3-2-4-17-5-6-18-11-7-10(12(14)15)8-13-9-11/h7-9H,2-6H2,1H3,(H,14,15). The molecule has 0 saturated carbocycles. The lowest BCUT2D eigenvalue weighted by Gasteiger charge is -2.07. The van der Waals surface area contributed by atoms with Crippen molar-refractivity contribution in [3.8, 4) is 5.75 Å². The van der Waals surface area contributed by atoms with Crippen LogP contribution in [0.25, 0.3) is 0 Å². The lowest BCUT2D eigenvalue weighted by molar-refractivity contribution is 0.0695. The molecule has 0 amide bonds. The molecule has 1 N–H and O–H groups in total. The van der Waals surface area contributed by atoms with Crippen LogP contribution in [0.5, 0.6) is 5.75 Å². The Bertz CT molecular complexity index is 369. The minimum Gasteiger partial charge on any atom is -0.490 e. The van der Waals surface area contributed by atoms with E-state index in [4.69, 9.17) is 19.3 Å². The van der Waals surface area contributed by atoms with Crippen LogP contribution in [-0.2, 0) is 9.47 Å². The number of pyridine rings is 1. The number of hydrogen-bond acceptors (Lipinski definition) is 5. The van der Waals surface area contributed by atoms with Crippen molar-refractivity contribution >= 4 is 5.97 Å². The molecule has 6 heteroatoms. The third-order valence-electron chi connectivity index (χ3n) is 2.09. The second-order valence-corrected chi connectivity index (χ2v) is 3.52. The maximum atomic E-state index is 10.7. The smallest absolute Gasteiger partial charge is 0.337 e.